The van der Waals surface area contributed by atoms with Crippen LogP contribution in [0, 0.1) is 12.7 Å². The number of carbonyl (C=O) groups excluding carboxylic acids is 1. The standard InChI is InChI=1S/C17H21FN2O2/c1-6-14-15(16(21)22-17(3,4)5)11(2)20(19-14)13-9-7-12(18)8-10-13/h7-10H,6H2,1-5H3. The highest BCUT2D eigenvalue weighted by Gasteiger charge is 2.25. The molecule has 0 radical (unpaired) electrons. The number of aromatic nitrogens is 2. The molecule has 0 bridgehead atoms. The number of nitrogens with zero attached hydrogens (tertiary/aromatic N) is 2. The molecule has 0 N–H and O–H groups in total. The van der Waals surface area contributed by atoms with Crippen molar-refractivity contribution < 1.29 is 13.9 Å². The lowest BCUT2D eigenvalue weighted by molar-refractivity contribution is 0.00676. The number of ether oxygens (including phenoxy) is 1. The van der Waals surface area contributed by atoms with Crippen molar-refractivity contribution in [3.8, 4) is 5.69 Å². The third kappa shape index (κ3) is 3.35. The number of carbonyl (C=O) groups is 1. The Hall–Kier alpha value is -2.17. The van der Waals surface area contributed by atoms with Crippen molar-refractivity contribution in [2.45, 2.75) is 46.6 Å². The van der Waals surface area contributed by atoms with E-state index in [1.54, 1.807) is 16.8 Å². The molecular weight excluding hydrogens is 283 g/mol. The van der Waals surface area contributed by atoms with E-state index in [1.807, 2.05) is 34.6 Å². The monoisotopic (exact) mass is 304 g/mol. The van der Waals surface area contributed by atoms with E-state index in [9.17, 15) is 9.18 Å². The van der Waals surface area contributed by atoms with E-state index in [-0.39, 0.29) is 11.8 Å². The van der Waals surface area contributed by atoms with Crippen molar-refractivity contribution in [1.29, 1.82) is 0 Å². The molecule has 118 valence electrons. The number of esters is 1. The van der Waals surface area contributed by atoms with Crippen LogP contribution in [0.5, 0.6) is 0 Å². The number of hydrogen-bond donors (Lipinski definition) is 0. The van der Waals surface area contributed by atoms with Crippen LogP contribution in [0.25, 0.3) is 5.69 Å². The Balaban J connectivity index is 2.48. The van der Waals surface area contributed by atoms with Crippen LogP contribution in [-0.4, -0.2) is 21.4 Å². The molecule has 1 aromatic heterocycles. The molecule has 1 heterocycles. The first-order chi connectivity index (χ1) is 10.2. The Bertz CT molecular complexity index is 682. The second-order valence-electron chi connectivity index (χ2n) is 6.15. The van der Waals surface area contributed by atoms with Crippen LogP contribution in [-0.2, 0) is 11.2 Å². The highest BCUT2D eigenvalue weighted by Crippen LogP contribution is 2.22. The van der Waals surface area contributed by atoms with Gasteiger partial charge in [0.15, 0.2) is 0 Å². The summed E-state index contributed by atoms with van der Waals surface area (Å²) in [4.78, 5) is 12.4. The molecule has 0 amide bonds. The molecule has 2 aromatic rings. The topological polar surface area (TPSA) is 44.1 Å². The molecule has 22 heavy (non-hydrogen) atoms. The van der Waals surface area contributed by atoms with Crippen molar-refractivity contribution >= 4 is 5.97 Å². The van der Waals surface area contributed by atoms with Crippen molar-refractivity contribution in [3.05, 3.63) is 47.0 Å². The first-order valence-electron chi connectivity index (χ1n) is 7.30. The second kappa shape index (κ2) is 5.91. The van der Waals surface area contributed by atoms with Gasteiger partial charge in [-0.25, -0.2) is 13.9 Å². The summed E-state index contributed by atoms with van der Waals surface area (Å²) >= 11 is 0. The molecule has 0 unspecified atom stereocenters. The number of rotatable bonds is 3. The Kier molecular flexibility index (Phi) is 4.35. The third-order valence-electron chi connectivity index (χ3n) is 3.20. The SMILES string of the molecule is CCc1nn(-c2ccc(F)cc2)c(C)c1C(=O)OC(C)(C)C. The summed E-state index contributed by atoms with van der Waals surface area (Å²) in [7, 11) is 0. The summed E-state index contributed by atoms with van der Waals surface area (Å²) in [6.45, 7) is 9.24. The summed E-state index contributed by atoms with van der Waals surface area (Å²) in [5.41, 5.74) is 2.01. The van der Waals surface area contributed by atoms with Gasteiger partial charge in [0.05, 0.1) is 17.1 Å². The van der Waals surface area contributed by atoms with Crippen LogP contribution in [0.15, 0.2) is 24.3 Å². The Labute approximate surface area is 129 Å². The average molecular weight is 304 g/mol. The fourth-order valence-corrected chi connectivity index (χ4v) is 2.24. The second-order valence-corrected chi connectivity index (χ2v) is 6.15. The van der Waals surface area contributed by atoms with E-state index in [0.717, 1.165) is 0 Å². The summed E-state index contributed by atoms with van der Waals surface area (Å²) in [6.07, 6.45) is 0.615. The fraction of sp³-hybridized carbons (Fsp3) is 0.412. The number of halogens is 1. The molecule has 0 saturated heterocycles. The number of aryl methyl sites for hydroxylation is 1. The van der Waals surface area contributed by atoms with Gasteiger partial charge in [0, 0.05) is 0 Å². The van der Waals surface area contributed by atoms with Crippen molar-refractivity contribution in [2.24, 2.45) is 0 Å². The van der Waals surface area contributed by atoms with Crippen LogP contribution in [0.2, 0.25) is 0 Å². The van der Waals surface area contributed by atoms with E-state index in [1.165, 1.54) is 12.1 Å². The highest BCUT2D eigenvalue weighted by atomic mass is 19.1. The lowest BCUT2D eigenvalue weighted by atomic mass is 10.1. The fourth-order valence-electron chi connectivity index (χ4n) is 2.24. The van der Waals surface area contributed by atoms with Crippen LogP contribution >= 0.6 is 0 Å². The van der Waals surface area contributed by atoms with Gasteiger partial charge < -0.3 is 4.74 Å². The maximum absolute atomic E-state index is 13.1. The Morgan fingerprint density at radius 1 is 1.27 bits per heavy atom. The zero-order valence-corrected chi connectivity index (χ0v) is 13.6. The van der Waals surface area contributed by atoms with Crippen LogP contribution in [0.1, 0.15) is 49.4 Å². The summed E-state index contributed by atoms with van der Waals surface area (Å²) in [5, 5.41) is 4.47. The van der Waals surface area contributed by atoms with Gasteiger partial charge in [-0.05, 0) is 58.4 Å². The minimum Gasteiger partial charge on any atom is -0.456 e. The van der Waals surface area contributed by atoms with Crippen molar-refractivity contribution in [1.82, 2.24) is 9.78 Å². The predicted molar refractivity (Wildman–Crippen MR) is 82.8 cm³/mol. The highest BCUT2D eigenvalue weighted by molar-refractivity contribution is 5.92. The maximum Gasteiger partial charge on any atom is 0.342 e. The summed E-state index contributed by atoms with van der Waals surface area (Å²) < 4.78 is 20.2. The van der Waals surface area contributed by atoms with Crippen molar-refractivity contribution in [3.63, 3.8) is 0 Å². The molecule has 0 spiro atoms. The number of benzene rings is 1. The minimum absolute atomic E-state index is 0.309. The number of hydrogen-bond acceptors (Lipinski definition) is 3. The molecule has 0 aliphatic heterocycles. The molecule has 2 rings (SSSR count). The van der Waals surface area contributed by atoms with E-state index < -0.39 is 5.60 Å². The van der Waals surface area contributed by atoms with Crippen LogP contribution in [0.4, 0.5) is 4.39 Å². The van der Waals surface area contributed by atoms with Gasteiger partial charge in [0.25, 0.3) is 0 Å². The van der Waals surface area contributed by atoms with E-state index in [4.69, 9.17) is 4.74 Å². The molecule has 5 heteroatoms. The average Bonchev–Trinajstić information content (AvgIpc) is 2.75. The molecule has 0 aliphatic rings. The first-order valence-corrected chi connectivity index (χ1v) is 7.30. The normalized spacial score (nSPS) is 11.5. The van der Waals surface area contributed by atoms with Gasteiger partial charge in [-0.2, -0.15) is 5.10 Å². The largest absolute Gasteiger partial charge is 0.456 e. The summed E-state index contributed by atoms with van der Waals surface area (Å²) in [6, 6.07) is 6.01. The quantitative estimate of drug-likeness (QED) is 0.809. The third-order valence-corrected chi connectivity index (χ3v) is 3.20. The van der Waals surface area contributed by atoms with Crippen LogP contribution in [0.3, 0.4) is 0 Å². The van der Waals surface area contributed by atoms with Gasteiger partial charge in [-0.3, -0.25) is 0 Å². The Morgan fingerprint density at radius 2 is 1.86 bits per heavy atom. The molecule has 0 aliphatic carbocycles. The smallest absolute Gasteiger partial charge is 0.342 e. The summed E-state index contributed by atoms with van der Waals surface area (Å²) in [5.74, 6) is -0.688. The molecule has 0 fully saturated rings. The van der Waals surface area contributed by atoms with Crippen molar-refractivity contribution in [2.75, 3.05) is 0 Å². The zero-order valence-electron chi connectivity index (χ0n) is 13.6. The zero-order chi connectivity index (χ0) is 16.5. The molecule has 0 atom stereocenters. The lowest BCUT2D eigenvalue weighted by Gasteiger charge is -2.19. The Morgan fingerprint density at radius 3 is 2.36 bits per heavy atom. The van der Waals surface area contributed by atoms with Gasteiger partial charge in [0.2, 0.25) is 0 Å². The molecule has 1 aromatic carbocycles. The van der Waals surface area contributed by atoms with E-state index in [0.29, 0.717) is 29.1 Å². The molecule has 0 saturated carbocycles. The first kappa shape index (κ1) is 16.2. The van der Waals surface area contributed by atoms with E-state index >= 15 is 0 Å². The molecule has 4 nitrogen and oxygen atoms in total. The minimum atomic E-state index is -0.563. The lowest BCUT2D eigenvalue weighted by Crippen LogP contribution is -2.24. The van der Waals surface area contributed by atoms with Gasteiger partial charge in [0.1, 0.15) is 17.0 Å². The maximum atomic E-state index is 13.1. The predicted octanol–water partition coefficient (Wildman–Crippen LogP) is 3.84. The van der Waals surface area contributed by atoms with E-state index in [2.05, 4.69) is 5.10 Å². The van der Waals surface area contributed by atoms with Crippen LogP contribution < -0.4 is 0 Å². The van der Waals surface area contributed by atoms with Gasteiger partial charge in [-0.1, -0.05) is 6.92 Å². The van der Waals surface area contributed by atoms with Gasteiger partial charge in [-0.15, -0.1) is 0 Å². The molecular formula is C17H21FN2O2. The van der Waals surface area contributed by atoms with Gasteiger partial charge >= 0.3 is 5.97 Å².